The van der Waals surface area contributed by atoms with E-state index < -0.39 is 0 Å². The summed E-state index contributed by atoms with van der Waals surface area (Å²) in [5.41, 5.74) is 0. The van der Waals surface area contributed by atoms with Crippen molar-refractivity contribution in [2.45, 2.75) is 125 Å². The number of carbonyl (C=O) groups is 1. The predicted octanol–water partition coefficient (Wildman–Crippen LogP) is 7.55. The molecule has 0 aromatic heterocycles. The highest BCUT2D eigenvalue weighted by Gasteiger charge is 2.21. The fraction of sp³-hybridized carbons (Fsp3) is 0.957. The average molecular weight is 355 g/mol. The van der Waals surface area contributed by atoms with Crippen LogP contribution in [0, 0.1) is 17.8 Å². The number of hydrogen-bond acceptors (Lipinski definition) is 2. The molecular weight excluding hydrogens is 308 g/mol. The summed E-state index contributed by atoms with van der Waals surface area (Å²) in [6, 6.07) is 0. The quantitative estimate of drug-likeness (QED) is 0.211. The number of esters is 1. The third-order valence-corrected chi connectivity index (χ3v) is 5.20. The molecule has 0 aliphatic heterocycles. The van der Waals surface area contributed by atoms with Crippen LogP contribution < -0.4 is 0 Å². The third kappa shape index (κ3) is 15.4. The molecule has 0 saturated carbocycles. The van der Waals surface area contributed by atoms with E-state index in [9.17, 15) is 4.79 Å². The van der Waals surface area contributed by atoms with E-state index in [0.717, 1.165) is 24.7 Å². The predicted molar refractivity (Wildman–Crippen MR) is 110 cm³/mol. The lowest BCUT2D eigenvalue weighted by Gasteiger charge is -2.25. The van der Waals surface area contributed by atoms with Gasteiger partial charge in [0.15, 0.2) is 0 Å². The van der Waals surface area contributed by atoms with Gasteiger partial charge in [0.25, 0.3) is 0 Å². The maximum atomic E-state index is 12.1. The van der Waals surface area contributed by atoms with Gasteiger partial charge in [-0.1, -0.05) is 86.0 Å². The molecule has 25 heavy (non-hydrogen) atoms. The topological polar surface area (TPSA) is 26.3 Å². The molecule has 0 aliphatic rings. The fourth-order valence-corrected chi connectivity index (χ4v) is 3.30. The summed E-state index contributed by atoms with van der Waals surface area (Å²) in [6.07, 6.45) is 14.2. The maximum absolute atomic E-state index is 12.1. The summed E-state index contributed by atoms with van der Waals surface area (Å²) < 4.78 is 5.78. The van der Waals surface area contributed by atoms with E-state index in [4.69, 9.17) is 4.74 Å². The first kappa shape index (κ1) is 24.5. The van der Waals surface area contributed by atoms with Crippen molar-refractivity contribution in [2.75, 3.05) is 0 Å². The van der Waals surface area contributed by atoms with Crippen LogP contribution in [0.3, 0.4) is 0 Å². The molecule has 0 bridgehead atoms. The summed E-state index contributed by atoms with van der Waals surface area (Å²) in [7, 11) is 0. The number of carbonyl (C=O) groups excluding carboxylic acids is 1. The van der Waals surface area contributed by atoms with Gasteiger partial charge in [-0.2, -0.15) is 0 Å². The Bertz CT molecular complexity index is 297. The molecule has 0 heterocycles. The molecular formula is C23H46O2. The largest absolute Gasteiger partial charge is 0.462 e. The molecule has 1 unspecified atom stereocenters. The Labute approximate surface area is 158 Å². The third-order valence-electron chi connectivity index (χ3n) is 5.20. The van der Waals surface area contributed by atoms with Crippen LogP contribution in [0.5, 0.6) is 0 Å². The smallest absolute Gasteiger partial charge is 0.306 e. The van der Waals surface area contributed by atoms with E-state index in [0.29, 0.717) is 12.3 Å². The van der Waals surface area contributed by atoms with Gasteiger partial charge in [-0.15, -0.1) is 0 Å². The molecule has 0 aromatic carbocycles. The van der Waals surface area contributed by atoms with Crippen LogP contribution in [-0.2, 0) is 9.53 Å². The Kier molecular flexibility index (Phi) is 15.4. The average Bonchev–Trinajstić information content (AvgIpc) is 2.53. The van der Waals surface area contributed by atoms with Gasteiger partial charge in [0.1, 0.15) is 6.10 Å². The maximum Gasteiger partial charge on any atom is 0.306 e. The van der Waals surface area contributed by atoms with Crippen LogP contribution in [0.25, 0.3) is 0 Å². The Morgan fingerprint density at radius 2 is 1.20 bits per heavy atom. The van der Waals surface area contributed by atoms with Gasteiger partial charge in [-0.3, -0.25) is 4.79 Å². The molecule has 0 N–H and O–H groups in total. The minimum Gasteiger partial charge on any atom is -0.462 e. The van der Waals surface area contributed by atoms with Crippen LogP contribution in [0.2, 0.25) is 0 Å². The van der Waals surface area contributed by atoms with Gasteiger partial charge in [-0.25, -0.2) is 0 Å². The lowest BCUT2D eigenvalue weighted by atomic mass is 9.88. The van der Waals surface area contributed by atoms with Crippen molar-refractivity contribution in [1.82, 2.24) is 0 Å². The highest BCUT2D eigenvalue weighted by Crippen LogP contribution is 2.25. The van der Waals surface area contributed by atoms with Crippen LogP contribution in [-0.4, -0.2) is 12.1 Å². The van der Waals surface area contributed by atoms with E-state index in [1.807, 2.05) is 0 Å². The zero-order chi connectivity index (χ0) is 19.1. The highest BCUT2D eigenvalue weighted by atomic mass is 16.5. The lowest BCUT2D eigenvalue weighted by molar-refractivity contribution is -0.151. The van der Waals surface area contributed by atoms with E-state index >= 15 is 0 Å². The van der Waals surface area contributed by atoms with Gasteiger partial charge < -0.3 is 4.74 Å². The van der Waals surface area contributed by atoms with Gasteiger partial charge in [0.05, 0.1) is 0 Å². The number of hydrogen-bond donors (Lipinski definition) is 0. The van der Waals surface area contributed by atoms with Crippen molar-refractivity contribution in [3.8, 4) is 0 Å². The normalized spacial score (nSPS) is 13.0. The molecule has 1 atom stereocenters. The lowest BCUT2D eigenvalue weighted by Crippen LogP contribution is -2.25. The first-order chi connectivity index (χ1) is 11.9. The number of rotatable bonds is 16. The van der Waals surface area contributed by atoms with Gasteiger partial charge >= 0.3 is 5.97 Å². The minimum absolute atomic E-state index is 0.0140. The summed E-state index contributed by atoms with van der Waals surface area (Å²) >= 11 is 0. The van der Waals surface area contributed by atoms with Gasteiger partial charge in [0.2, 0.25) is 0 Å². The Balaban J connectivity index is 4.06. The number of unbranched alkanes of at least 4 members (excludes halogenated alkanes) is 6. The van der Waals surface area contributed by atoms with Crippen molar-refractivity contribution in [3.63, 3.8) is 0 Å². The van der Waals surface area contributed by atoms with Crippen molar-refractivity contribution in [1.29, 1.82) is 0 Å². The van der Waals surface area contributed by atoms with Crippen LogP contribution in [0.4, 0.5) is 0 Å². The molecule has 0 saturated heterocycles. The molecule has 0 aliphatic carbocycles. The number of ether oxygens (including phenoxy) is 1. The first-order valence-corrected chi connectivity index (χ1v) is 11.1. The van der Waals surface area contributed by atoms with E-state index in [1.54, 1.807) is 0 Å². The van der Waals surface area contributed by atoms with Crippen molar-refractivity contribution in [3.05, 3.63) is 0 Å². The van der Waals surface area contributed by atoms with Crippen molar-refractivity contribution in [2.24, 2.45) is 17.8 Å². The van der Waals surface area contributed by atoms with E-state index in [-0.39, 0.29) is 12.1 Å². The molecule has 0 spiro atoms. The zero-order valence-electron chi connectivity index (χ0n) is 18.1. The van der Waals surface area contributed by atoms with Gasteiger partial charge in [-0.05, 0) is 43.9 Å². The van der Waals surface area contributed by atoms with Crippen LogP contribution >= 0.6 is 0 Å². The fourth-order valence-electron chi connectivity index (χ4n) is 3.30. The molecule has 0 rings (SSSR count). The second-order valence-corrected chi connectivity index (χ2v) is 8.77. The molecule has 0 aromatic rings. The van der Waals surface area contributed by atoms with Crippen LogP contribution in [0.15, 0.2) is 0 Å². The molecule has 0 radical (unpaired) electrons. The van der Waals surface area contributed by atoms with Crippen molar-refractivity contribution < 1.29 is 9.53 Å². The minimum atomic E-state index is 0.0140. The molecule has 2 nitrogen and oxygen atoms in total. The van der Waals surface area contributed by atoms with Gasteiger partial charge in [0, 0.05) is 6.42 Å². The standard InChI is InChI=1S/C23H46O2/c1-7-8-9-10-11-12-13-14-23(24)25-21(6)22(17-15-19(2)3)18-16-20(4)5/h19-22H,7-18H2,1-6H3. The molecule has 0 amide bonds. The summed E-state index contributed by atoms with van der Waals surface area (Å²) in [5.74, 6) is 1.97. The van der Waals surface area contributed by atoms with Crippen LogP contribution in [0.1, 0.15) is 119 Å². The van der Waals surface area contributed by atoms with Crippen molar-refractivity contribution >= 4 is 5.97 Å². The Hall–Kier alpha value is -0.530. The first-order valence-electron chi connectivity index (χ1n) is 11.1. The second-order valence-electron chi connectivity index (χ2n) is 8.77. The monoisotopic (exact) mass is 354 g/mol. The van der Waals surface area contributed by atoms with E-state index in [1.165, 1.54) is 57.8 Å². The SMILES string of the molecule is CCCCCCCCCC(=O)OC(C)C(CCC(C)C)CCC(C)C. The zero-order valence-corrected chi connectivity index (χ0v) is 18.1. The summed E-state index contributed by atoms with van der Waals surface area (Å²) in [4.78, 5) is 12.1. The highest BCUT2D eigenvalue weighted by molar-refractivity contribution is 5.69. The van der Waals surface area contributed by atoms with E-state index in [2.05, 4.69) is 41.5 Å². The molecule has 150 valence electrons. The molecule has 2 heteroatoms. The molecule has 0 fully saturated rings. The summed E-state index contributed by atoms with van der Waals surface area (Å²) in [5, 5.41) is 0. The summed E-state index contributed by atoms with van der Waals surface area (Å²) in [6.45, 7) is 13.4. The Morgan fingerprint density at radius 3 is 1.68 bits per heavy atom. The second kappa shape index (κ2) is 15.7. The Morgan fingerprint density at radius 1 is 0.720 bits per heavy atom.